The maximum atomic E-state index is 10.2. The van der Waals surface area contributed by atoms with Gasteiger partial charge in [0.25, 0.3) is 0 Å². The standard InChI is InChI=1S/C5H8O2.CH2O/c1-4-2-3-5(6)7-4;1-2/h4H,2-3H2,1H3;1H2. The molecule has 3 heteroatoms. The lowest BCUT2D eigenvalue weighted by molar-refractivity contribution is -0.140. The lowest BCUT2D eigenvalue weighted by atomic mass is 10.3. The fourth-order valence-corrected chi connectivity index (χ4v) is 0.663. The second-order valence-electron chi connectivity index (χ2n) is 1.84. The monoisotopic (exact) mass is 130 g/mol. The smallest absolute Gasteiger partial charge is 0.306 e. The first-order valence-corrected chi connectivity index (χ1v) is 2.77. The molecule has 1 heterocycles. The third kappa shape index (κ3) is 2.85. The third-order valence-corrected chi connectivity index (χ3v) is 1.09. The van der Waals surface area contributed by atoms with E-state index in [0.717, 1.165) is 6.42 Å². The van der Waals surface area contributed by atoms with Crippen molar-refractivity contribution in [2.75, 3.05) is 0 Å². The molecule has 0 saturated carbocycles. The Hall–Kier alpha value is -0.860. The molecule has 1 rings (SSSR count). The minimum atomic E-state index is -0.0486. The summed E-state index contributed by atoms with van der Waals surface area (Å²) in [7, 11) is 0. The van der Waals surface area contributed by atoms with Gasteiger partial charge in [0.15, 0.2) is 0 Å². The van der Waals surface area contributed by atoms with Crippen LogP contribution in [0.4, 0.5) is 0 Å². The maximum absolute atomic E-state index is 10.2. The zero-order valence-corrected chi connectivity index (χ0v) is 5.42. The average molecular weight is 130 g/mol. The van der Waals surface area contributed by atoms with E-state index in [9.17, 15) is 4.79 Å². The summed E-state index contributed by atoms with van der Waals surface area (Å²) in [6.07, 6.45) is 1.69. The van der Waals surface area contributed by atoms with E-state index in [1.165, 1.54) is 0 Å². The molecule has 3 nitrogen and oxygen atoms in total. The molecule has 1 fully saturated rings. The van der Waals surface area contributed by atoms with Gasteiger partial charge in [-0.3, -0.25) is 4.79 Å². The minimum Gasteiger partial charge on any atom is -0.463 e. The van der Waals surface area contributed by atoms with Crippen LogP contribution >= 0.6 is 0 Å². The van der Waals surface area contributed by atoms with Gasteiger partial charge in [0.1, 0.15) is 6.79 Å². The number of carbonyl (C=O) groups is 2. The molecule has 0 aliphatic carbocycles. The van der Waals surface area contributed by atoms with Crippen molar-refractivity contribution in [1.29, 1.82) is 0 Å². The van der Waals surface area contributed by atoms with E-state index in [-0.39, 0.29) is 12.1 Å². The summed E-state index contributed by atoms with van der Waals surface area (Å²) in [4.78, 5) is 18.2. The Labute approximate surface area is 54.0 Å². The van der Waals surface area contributed by atoms with Crippen molar-refractivity contribution in [3.8, 4) is 0 Å². The summed E-state index contributed by atoms with van der Waals surface area (Å²) in [6.45, 7) is 3.91. The summed E-state index contributed by atoms with van der Waals surface area (Å²) in [5, 5.41) is 0. The van der Waals surface area contributed by atoms with Crippen LogP contribution in [0.25, 0.3) is 0 Å². The van der Waals surface area contributed by atoms with Gasteiger partial charge in [0, 0.05) is 6.42 Å². The molecule has 1 unspecified atom stereocenters. The summed E-state index contributed by atoms with van der Waals surface area (Å²) in [5.41, 5.74) is 0. The largest absolute Gasteiger partial charge is 0.463 e. The summed E-state index contributed by atoms with van der Waals surface area (Å²) < 4.78 is 4.72. The Morgan fingerprint density at radius 2 is 2.22 bits per heavy atom. The number of hydrogen-bond donors (Lipinski definition) is 0. The fourth-order valence-electron chi connectivity index (χ4n) is 0.663. The van der Waals surface area contributed by atoms with Crippen LogP contribution in [0.3, 0.4) is 0 Å². The molecule has 0 bridgehead atoms. The van der Waals surface area contributed by atoms with Gasteiger partial charge in [-0.2, -0.15) is 0 Å². The molecular weight excluding hydrogens is 120 g/mol. The van der Waals surface area contributed by atoms with Crippen molar-refractivity contribution < 1.29 is 14.3 Å². The first-order valence-electron chi connectivity index (χ1n) is 2.77. The number of cyclic esters (lactones) is 1. The third-order valence-electron chi connectivity index (χ3n) is 1.09. The van der Waals surface area contributed by atoms with Gasteiger partial charge in [-0.05, 0) is 13.3 Å². The van der Waals surface area contributed by atoms with Crippen molar-refractivity contribution in [1.82, 2.24) is 0 Å². The highest BCUT2D eigenvalue weighted by atomic mass is 16.5. The van der Waals surface area contributed by atoms with Gasteiger partial charge in [-0.25, -0.2) is 0 Å². The Bertz CT molecular complexity index is 100. The number of rotatable bonds is 0. The molecule has 1 saturated heterocycles. The van der Waals surface area contributed by atoms with Gasteiger partial charge in [-0.1, -0.05) is 0 Å². The van der Waals surface area contributed by atoms with Crippen LogP contribution in [0.1, 0.15) is 19.8 Å². The summed E-state index contributed by atoms with van der Waals surface area (Å²) in [6, 6.07) is 0. The number of hydrogen-bond acceptors (Lipinski definition) is 3. The van der Waals surface area contributed by atoms with Crippen molar-refractivity contribution in [2.24, 2.45) is 0 Å². The van der Waals surface area contributed by atoms with Gasteiger partial charge in [0.2, 0.25) is 0 Å². The van der Waals surface area contributed by atoms with Gasteiger partial charge < -0.3 is 9.53 Å². The van der Waals surface area contributed by atoms with Crippen molar-refractivity contribution in [2.45, 2.75) is 25.9 Å². The van der Waals surface area contributed by atoms with Crippen LogP contribution < -0.4 is 0 Å². The highest BCUT2D eigenvalue weighted by molar-refractivity contribution is 5.71. The van der Waals surface area contributed by atoms with E-state index in [1.807, 2.05) is 13.7 Å². The number of carbonyl (C=O) groups excluding carboxylic acids is 2. The zero-order valence-electron chi connectivity index (χ0n) is 5.42. The lowest BCUT2D eigenvalue weighted by Gasteiger charge is -1.95. The Balaban J connectivity index is 0.000000291. The normalized spacial score (nSPS) is 24.1. The van der Waals surface area contributed by atoms with E-state index < -0.39 is 0 Å². The summed E-state index contributed by atoms with van der Waals surface area (Å²) >= 11 is 0. The van der Waals surface area contributed by atoms with Crippen LogP contribution in [0.15, 0.2) is 0 Å². The van der Waals surface area contributed by atoms with Crippen molar-refractivity contribution >= 4 is 12.8 Å². The van der Waals surface area contributed by atoms with Crippen LogP contribution in [0.5, 0.6) is 0 Å². The fraction of sp³-hybridized carbons (Fsp3) is 0.667. The highest BCUT2D eigenvalue weighted by Crippen LogP contribution is 2.11. The van der Waals surface area contributed by atoms with Gasteiger partial charge in [-0.15, -0.1) is 0 Å². The first-order chi connectivity index (χ1) is 4.29. The molecule has 0 radical (unpaired) electrons. The second-order valence-corrected chi connectivity index (χ2v) is 1.84. The van der Waals surface area contributed by atoms with Crippen LogP contribution in [0.2, 0.25) is 0 Å². The number of esters is 1. The molecule has 0 aromatic carbocycles. The molecule has 0 amide bonds. The van der Waals surface area contributed by atoms with Crippen LogP contribution in [-0.2, 0) is 14.3 Å². The predicted molar refractivity (Wildman–Crippen MR) is 31.9 cm³/mol. The molecule has 0 spiro atoms. The molecule has 1 aliphatic heterocycles. The van der Waals surface area contributed by atoms with Crippen molar-refractivity contribution in [3.05, 3.63) is 0 Å². The van der Waals surface area contributed by atoms with Crippen molar-refractivity contribution in [3.63, 3.8) is 0 Å². The van der Waals surface area contributed by atoms with E-state index in [1.54, 1.807) is 0 Å². The minimum absolute atomic E-state index is 0.0486. The summed E-state index contributed by atoms with van der Waals surface area (Å²) in [5.74, 6) is -0.0486. The van der Waals surface area contributed by atoms with E-state index in [0.29, 0.717) is 6.42 Å². The van der Waals surface area contributed by atoms with E-state index >= 15 is 0 Å². The SMILES string of the molecule is C=O.CC1CCC(=O)O1. The lowest BCUT2D eigenvalue weighted by Crippen LogP contribution is -1.98. The predicted octanol–water partition coefficient (Wildman–Crippen LogP) is 0.527. The average Bonchev–Trinajstić information content (AvgIpc) is 2.20. The van der Waals surface area contributed by atoms with E-state index in [2.05, 4.69) is 0 Å². The Kier molecular flexibility index (Phi) is 3.67. The maximum Gasteiger partial charge on any atom is 0.306 e. The van der Waals surface area contributed by atoms with Gasteiger partial charge >= 0.3 is 5.97 Å². The van der Waals surface area contributed by atoms with Gasteiger partial charge in [0.05, 0.1) is 6.10 Å². The molecule has 1 atom stereocenters. The molecule has 0 aromatic heterocycles. The first kappa shape index (κ1) is 8.14. The molecule has 0 aromatic rings. The van der Waals surface area contributed by atoms with Crippen LogP contribution in [0, 0.1) is 0 Å². The second kappa shape index (κ2) is 4.06. The molecule has 1 aliphatic rings. The number of ether oxygens (including phenoxy) is 1. The Morgan fingerprint density at radius 3 is 2.33 bits per heavy atom. The van der Waals surface area contributed by atoms with Crippen LogP contribution in [-0.4, -0.2) is 18.9 Å². The molecule has 9 heavy (non-hydrogen) atoms. The quantitative estimate of drug-likeness (QED) is 0.449. The topological polar surface area (TPSA) is 43.4 Å². The molecule has 52 valence electrons. The highest BCUT2D eigenvalue weighted by Gasteiger charge is 2.17. The van der Waals surface area contributed by atoms with E-state index in [4.69, 9.17) is 9.53 Å². The Morgan fingerprint density at radius 1 is 1.67 bits per heavy atom. The molecular formula is C6H10O3. The molecule has 0 N–H and O–H groups in total. The zero-order chi connectivity index (χ0) is 7.28.